The number of ether oxygens (including phenoxy) is 1. The number of carboxylic acid groups (broad SMARTS) is 1. The molecule has 3 N–H and O–H groups in total. The Kier molecular flexibility index (Phi) is 9.26. The minimum absolute atomic E-state index is 0.116. The fraction of sp³-hybridized carbons (Fsp3) is 0.133. The maximum Gasteiger partial charge on any atom is 0.307 e. The molecule has 1 heterocycles. The number of aliphatic carboxylic acids is 1. The van der Waals surface area contributed by atoms with E-state index in [0.29, 0.717) is 51.7 Å². The number of pyridine rings is 1. The molecular formula is C30H26ClN3O5. The van der Waals surface area contributed by atoms with Crippen molar-refractivity contribution in [3.05, 3.63) is 124 Å². The van der Waals surface area contributed by atoms with Gasteiger partial charge in [-0.3, -0.25) is 19.4 Å². The first-order valence-corrected chi connectivity index (χ1v) is 12.6. The van der Waals surface area contributed by atoms with Gasteiger partial charge in [-0.25, -0.2) is 0 Å². The zero-order valence-corrected chi connectivity index (χ0v) is 21.6. The molecule has 0 fully saturated rings. The standard InChI is InChI=1S/C30H26ClN3O5/c31-25-8-3-20(4-9-25)13-15-33-29(37)22-6-10-26(11-7-22)39-27-12-5-21(17-28(35)36)16-24(27)19-34-30(38)23-2-1-14-32-18-23/h1-12,14,16,18H,13,15,17,19H2,(H,33,37)(H,34,38)(H,35,36). The van der Waals surface area contributed by atoms with E-state index in [1.165, 1.54) is 6.20 Å². The smallest absolute Gasteiger partial charge is 0.307 e. The lowest BCUT2D eigenvalue weighted by molar-refractivity contribution is -0.136. The molecule has 4 aromatic rings. The summed E-state index contributed by atoms with van der Waals surface area (Å²) in [5, 5.41) is 15.6. The van der Waals surface area contributed by atoms with E-state index >= 15 is 0 Å². The number of hydrogen-bond donors (Lipinski definition) is 3. The Hall–Kier alpha value is -4.69. The monoisotopic (exact) mass is 543 g/mol. The van der Waals surface area contributed by atoms with E-state index in [1.807, 2.05) is 24.3 Å². The number of carbonyl (C=O) groups excluding carboxylic acids is 2. The van der Waals surface area contributed by atoms with Crippen LogP contribution in [-0.4, -0.2) is 34.4 Å². The van der Waals surface area contributed by atoms with Gasteiger partial charge in [0.2, 0.25) is 0 Å². The molecule has 0 radical (unpaired) electrons. The molecule has 0 spiro atoms. The maximum absolute atomic E-state index is 12.5. The summed E-state index contributed by atoms with van der Waals surface area (Å²) in [7, 11) is 0. The molecule has 198 valence electrons. The van der Waals surface area contributed by atoms with Crippen LogP contribution >= 0.6 is 11.6 Å². The zero-order valence-electron chi connectivity index (χ0n) is 20.9. The highest BCUT2D eigenvalue weighted by Gasteiger charge is 2.12. The number of carbonyl (C=O) groups is 3. The van der Waals surface area contributed by atoms with Crippen molar-refractivity contribution in [2.45, 2.75) is 19.4 Å². The van der Waals surface area contributed by atoms with Crippen LogP contribution in [0.15, 0.2) is 91.3 Å². The van der Waals surface area contributed by atoms with Crippen LogP contribution in [0.25, 0.3) is 0 Å². The van der Waals surface area contributed by atoms with E-state index in [-0.39, 0.29) is 24.8 Å². The van der Waals surface area contributed by atoms with Crippen LogP contribution in [0.3, 0.4) is 0 Å². The molecule has 0 unspecified atom stereocenters. The molecule has 39 heavy (non-hydrogen) atoms. The third-order valence-electron chi connectivity index (χ3n) is 5.80. The van der Waals surface area contributed by atoms with Crippen molar-refractivity contribution in [3.8, 4) is 11.5 Å². The summed E-state index contributed by atoms with van der Waals surface area (Å²) >= 11 is 5.90. The van der Waals surface area contributed by atoms with Gasteiger partial charge in [-0.2, -0.15) is 0 Å². The molecular weight excluding hydrogens is 518 g/mol. The van der Waals surface area contributed by atoms with E-state index in [2.05, 4.69) is 15.6 Å². The van der Waals surface area contributed by atoms with Crippen molar-refractivity contribution in [1.82, 2.24) is 15.6 Å². The fourth-order valence-electron chi connectivity index (χ4n) is 3.80. The summed E-state index contributed by atoms with van der Waals surface area (Å²) in [6.45, 7) is 0.597. The largest absolute Gasteiger partial charge is 0.481 e. The van der Waals surface area contributed by atoms with Gasteiger partial charge in [0.25, 0.3) is 11.8 Å². The van der Waals surface area contributed by atoms with Crippen LogP contribution in [0.4, 0.5) is 0 Å². The van der Waals surface area contributed by atoms with Crippen molar-refractivity contribution in [1.29, 1.82) is 0 Å². The highest BCUT2D eigenvalue weighted by molar-refractivity contribution is 6.30. The fourth-order valence-corrected chi connectivity index (χ4v) is 3.93. The first-order valence-electron chi connectivity index (χ1n) is 12.2. The summed E-state index contributed by atoms with van der Waals surface area (Å²) < 4.78 is 6.04. The summed E-state index contributed by atoms with van der Waals surface area (Å²) in [4.78, 5) is 40.2. The Morgan fingerprint density at radius 1 is 0.846 bits per heavy atom. The highest BCUT2D eigenvalue weighted by Crippen LogP contribution is 2.27. The number of aromatic nitrogens is 1. The van der Waals surface area contributed by atoms with Gasteiger partial charge in [-0.1, -0.05) is 29.8 Å². The summed E-state index contributed by atoms with van der Waals surface area (Å²) in [5.41, 5.74) is 3.15. The lowest BCUT2D eigenvalue weighted by atomic mass is 10.1. The molecule has 0 atom stereocenters. The Balaban J connectivity index is 1.40. The number of rotatable bonds is 11. The van der Waals surface area contributed by atoms with Gasteiger partial charge in [-0.05, 0) is 78.2 Å². The molecule has 3 aromatic carbocycles. The second-order valence-electron chi connectivity index (χ2n) is 8.70. The molecule has 0 aliphatic heterocycles. The predicted molar refractivity (Wildman–Crippen MR) is 147 cm³/mol. The van der Waals surface area contributed by atoms with Gasteiger partial charge in [0.05, 0.1) is 12.0 Å². The number of nitrogens with one attached hydrogen (secondary N) is 2. The molecule has 8 nitrogen and oxygen atoms in total. The number of carboxylic acids is 1. The normalized spacial score (nSPS) is 10.5. The Labute approximate surface area is 230 Å². The maximum atomic E-state index is 12.5. The molecule has 0 aliphatic rings. The third kappa shape index (κ3) is 8.15. The molecule has 0 bridgehead atoms. The van der Waals surface area contributed by atoms with E-state index in [0.717, 1.165) is 5.56 Å². The van der Waals surface area contributed by atoms with Crippen LogP contribution in [0, 0.1) is 0 Å². The van der Waals surface area contributed by atoms with E-state index in [1.54, 1.807) is 60.8 Å². The van der Waals surface area contributed by atoms with Crippen LogP contribution < -0.4 is 15.4 Å². The lowest BCUT2D eigenvalue weighted by Gasteiger charge is -2.14. The van der Waals surface area contributed by atoms with Gasteiger partial charge < -0.3 is 20.5 Å². The molecule has 2 amide bonds. The topological polar surface area (TPSA) is 118 Å². The predicted octanol–water partition coefficient (Wildman–Crippen LogP) is 5.06. The summed E-state index contributed by atoms with van der Waals surface area (Å²) in [5.74, 6) is -0.540. The summed E-state index contributed by atoms with van der Waals surface area (Å²) in [6.07, 6.45) is 3.56. The Morgan fingerprint density at radius 3 is 2.26 bits per heavy atom. The van der Waals surface area contributed by atoms with Crippen molar-refractivity contribution in [2.75, 3.05) is 6.54 Å². The lowest BCUT2D eigenvalue weighted by Crippen LogP contribution is -2.25. The Morgan fingerprint density at radius 2 is 1.56 bits per heavy atom. The van der Waals surface area contributed by atoms with Crippen LogP contribution in [0.5, 0.6) is 11.5 Å². The number of benzene rings is 3. The van der Waals surface area contributed by atoms with Gasteiger partial charge in [0.1, 0.15) is 11.5 Å². The van der Waals surface area contributed by atoms with Crippen molar-refractivity contribution < 1.29 is 24.2 Å². The molecule has 0 saturated carbocycles. The number of hydrogen-bond acceptors (Lipinski definition) is 5. The third-order valence-corrected chi connectivity index (χ3v) is 6.05. The van der Waals surface area contributed by atoms with Crippen LogP contribution in [-0.2, 0) is 24.2 Å². The van der Waals surface area contributed by atoms with E-state index in [9.17, 15) is 19.5 Å². The van der Waals surface area contributed by atoms with Gasteiger partial charge >= 0.3 is 5.97 Å². The summed E-state index contributed by atoms with van der Waals surface area (Å²) in [6, 6.07) is 22.5. The minimum Gasteiger partial charge on any atom is -0.481 e. The van der Waals surface area contributed by atoms with Gasteiger partial charge in [-0.15, -0.1) is 0 Å². The quantitative estimate of drug-likeness (QED) is 0.243. The molecule has 1 aromatic heterocycles. The number of nitrogens with zero attached hydrogens (tertiary/aromatic N) is 1. The zero-order chi connectivity index (χ0) is 27.6. The average Bonchev–Trinajstić information content (AvgIpc) is 2.94. The Bertz CT molecular complexity index is 1440. The molecule has 4 rings (SSSR count). The number of amides is 2. The second kappa shape index (κ2) is 13.2. The van der Waals surface area contributed by atoms with E-state index < -0.39 is 5.97 Å². The molecule has 9 heteroatoms. The number of halogens is 1. The molecule has 0 saturated heterocycles. The van der Waals surface area contributed by atoms with Crippen molar-refractivity contribution in [2.24, 2.45) is 0 Å². The van der Waals surface area contributed by atoms with Gasteiger partial charge in [0, 0.05) is 41.6 Å². The van der Waals surface area contributed by atoms with Crippen molar-refractivity contribution >= 4 is 29.4 Å². The first-order chi connectivity index (χ1) is 18.9. The van der Waals surface area contributed by atoms with Crippen molar-refractivity contribution in [3.63, 3.8) is 0 Å². The van der Waals surface area contributed by atoms with Crippen LogP contribution in [0.2, 0.25) is 5.02 Å². The average molecular weight is 544 g/mol. The van der Waals surface area contributed by atoms with E-state index in [4.69, 9.17) is 16.3 Å². The van der Waals surface area contributed by atoms with Gasteiger partial charge in [0.15, 0.2) is 0 Å². The highest BCUT2D eigenvalue weighted by atomic mass is 35.5. The second-order valence-corrected chi connectivity index (χ2v) is 9.13. The van der Waals surface area contributed by atoms with Crippen LogP contribution in [0.1, 0.15) is 37.4 Å². The SMILES string of the molecule is O=C(O)Cc1ccc(Oc2ccc(C(=O)NCCc3ccc(Cl)cc3)cc2)c(CNC(=O)c2cccnc2)c1. The minimum atomic E-state index is -0.962. The molecule has 0 aliphatic carbocycles. The first kappa shape index (κ1) is 27.3.